The number of benzene rings is 1. The molecule has 0 bridgehead atoms. The van der Waals surface area contributed by atoms with Crippen molar-refractivity contribution in [2.24, 2.45) is 4.99 Å². The van der Waals surface area contributed by atoms with Crippen molar-refractivity contribution in [2.75, 3.05) is 37.6 Å². The molecule has 148 valence electrons. The Balaban J connectivity index is 0.00000280. The van der Waals surface area contributed by atoms with E-state index < -0.39 is 0 Å². The molecular formula is C20H24FIN6. The molecular weight excluding hydrogens is 470 g/mol. The van der Waals surface area contributed by atoms with Crippen LogP contribution in [0.1, 0.15) is 18.1 Å². The molecule has 3 rings (SSSR count). The number of halogens is 2. The van der Waals surface area contributed by atoms with Crippen LogP contribution in [-0.2, 0) is 6.54 Å². The fourth-order valence-electron chi connectivity index (χ4n) is 3.04. The molecule has 1 aromatic carbocycles. The van der Waals surface area contributed by atoms with E-state index in [1.807, 2.05) is 31.2 Å². The predicted molar refractivity (Wildman–Crippen MR) is 119 cm³/mol. The van der Waals surface area contributed by atoms with E-state index in [0.29, 0.717) is 11.1 Å². The van der Waals surface area contributed by atoms with Gasteiger partial charge in [-0.25, -0.2) is 14.4 Å². The summed E-state index contributed by atoms with van der Waals surface area (Å²) < 4.78 is 14.0. The number of hydrogen-bond donors (Lipinski definition) is 1. The molecule has 1 saturated heterocycles. The lowest BCUT2D eigenvalue weighted by atomic mass is 10.1. The number of guanidine groups is 1. The summed E-state index contributed by atoms with van der Waals surface area (Å²) in [6, 6.07) is 12.3. The van der Waals surface area contributed by atoms with Crippen LogP contribution in [0.5, 0.6) is 0 Å². The molecule has 0 aliphatic carbocycles. The molecule has 1 fully saturated rings. The summed E-state index contributed by atoms with van der Waals surface area (Å²) in [5.74, 6) is 1.41. The van der Waals surface area contributed by atoms with Gasteiger partial charge in [0.15, 0.2) is 5.96 Å². The fraction of sp³-hybridized carbons (Fsp3) is 0.350. The Morgan fingerprint density at radius 1 is 1.25 bits per heavy atom. The first kappa shape index (κ1) is 21.9. The van der Waals surface area contributed by atoms with Crippen LogP contribution in [0.4, 0.5) is 10.2 Å². The average Bonchev–Trinajstić information content (AvgIpc) is 2.73. The minimum atomic E-state index is -0.339. The first-order valence-corrected chi connectivity index (χ1v) is 9.09. The maximum absolute atomic E-state index is 14.0. The smallest absolute Gasteiger partial charge is 0.194 e. The largest absolute Gasteiger partial charge is 0.357 e. The van der Waals surface area contributed by atoms with Gasteiger partial charge < -0.3 is 15.1 Å². The first-order valence-electron chi connectivity index (χ1n) is 9.09. The minimum absolute atomic E-state index is 0. The number of anilines is 1. The highest BCUT2D eigenvalue weighted by molar-refractivity contribution is 14.0. The van der Waals surface area contributed by atoms with Gasteiger partial charge in [0.1, 0.15) is 11.6 Å². The third kappa shape index (κ3) is 5.55. The molecule has 1 aliphatic heterocycles. The Bertz CT molecular complexity index is 828. The topological polar surface area (TPSA) is 67.6 Å². The number of hydrogen-bond acceptors (Lipinski definition) is 4. The predicted octanol–water partition coefficient (Wildman–Crippen LogP) is 3.00. The molecule has 0 unspecified atom stereocenters. The number of nitrogens with one attached hydrogen (secondary N) is 1. The highest BCUT2D eigenvalue weighted by atomic mass is 127. The van der Waals surface area contributed by atoms with E-state index in [-0.39, 0.29) is 36.3 Å². The van der Waals surface area contributed by atoms with Gasteiger partial charge in [0.2, 0.25) is 0 Å². The van der Waals surface area contributed by atoms with Crippen LogP contribution in [-0.4, -0.2) is 48.6 Å². The SMILES string of the molecule is CCNC(=NCc1cc(C#N)ccc1F)N1CCN(c2ccccn2)CC1.I. The van der Waals surface area contributed by atoms with Gasteiger partial charge in [0.25, 0.3) is 0 Å². The molecule has 6 nitrogen and oxygen atoms in total. The quantitative estimate of drug-likeness (QED) is 0.402. The summed E-state index contributed by atoms with van der Waals surface area (Å²) in [5, 5.41) is 12.3. The van der Waals surface area contributed by atoms with Gasteiger partial charge in [0, 0.05) is 44.5 Å². The van der Waals surface area contributed by atoms with Crippen molar-refractivity contribution in [2.45, 2.75) is 13.5 Å². The summed E-state index contributed by atoms with van der Waals surface area (Å²) in [4.78, 5) is 13.4. The van der Waals surface area contributed by atoms with Gasteiger partial charge >= 0.3 is 0 Å². The van der Waals surface area contributed by atoms with Crippen LogP contribution in [0.25, 0.3) is 0 Å². The molecule has 0 amide bonds. The van der Waals surface area contributed by atoms with E-state index in [2.05, 4.69) is 25.1 Å². The number of aromatic nitrogens is 1. The Morgan fingerprint density at radius 2 is 2.04 bits per heavy atom. The third-order valence-electron chi connectivity index (χ3n) is 4.46. The van der Waals surface area contributed by atoms with E-state index in [0.717, 1.165) is 44.5 Å². The van der Waals surface area contributed by atoms with Crippen molar-refractivity contribution in [1.82, 2.24) is 15.2 Å². The zero-order valence-corrected chi connectivity index (χ0v) is 18.1. The normalized spacial score (nSPS) is 14.2. The van der Waals surface area contributed by atoms with Crippen LogP contribution < -0.4 is 10.2 Å². The highest BCUT2D eigenvalue weighted by Gasteiger charge is 2.20. The van der Waals surface area contributed by atoms with Crippen LogP contribution in [0.2, 0.25) is 0 Å². The summed E-state index contributed by atoms with van der Waals surface area (Å²) in [6.45, 7) is 6.26. The second-order valence-electron chi connectivity index (χ2n) is 6.25. The number of nitrogens with zero attached hydrogens (tertiary/aromatic N) is 5. The Kier molecular flexibility index (Phi) is 8.44. The molecule has 1 aromatic heterocycles. The van der Waals surface area contributed by atoms with E-state index in [4.69, 9.17) is 5.26 Å². The molecule has 28 heavy (non-hydrogen) atoms. The number of aliphatic imine (C=N–C) groups is 1. The molecule has 0 atom stereocenters. The van der Waals surface area contributed by atoms with E-state index in [1.165, 1.54) is 12.1 Å². The van der Waals surface area contributed by atoms with E-state index in [9.17, 15) is 4.39 Å². The molecule has 0 saturated carbocycles. The lowest BCUT2D eigenvalue weighted by molar-refractivity contribution is 0.371. The van der Waals surface area contributed by atoms with E-state index in [1.54, 1.807) is 12.3 Å². The maximum Gasteiger partial charge on any atom is 0.194 e. The zero-order chi connectivity index (χ0) is 19.1. The van der Waals surface area contributed by atoms with Crippen molar-refractivity contribution < 1.29 is 4.39 Å². The second kappa shape index (κ2) is 10.8. The number of rotatable bonds is 4. The number of pyridine rings is 1. The van der Waals surface area contributed by atoms with Crippen molar-refractivity contribution in [1.29, 1.82) is 5.26 Å². The fourth-order valence-corrected chi connectivity index (χ4v) is 3.04. The summed E-state index contributed by atoms with van der Waals surface area (Å²) in [7, 11) is 0. The van der Waals surface area contributed by atoms with Crippen molar-refractivity contribution >= 4 is 35.8 Å². The van der Waals surface area contributed by atoms with Gasteiger partial charge in [-0.1, -0.05) is 6.07 Å². The molecule has 1 aliphatic rings. The monoisotopic (exact) mass is 494 g/mol. The van der Waals surface area contributed by atoms with Crippen molar-refractivity contribution in [3.63, 3.8) is 0 Å². The summed E-state index contributed by atoms with van der Waals surface area (Å²) in [5.41, 5.74) is 0.868. The number of piperazine rings is 1. The molecule has 0 spiro atoms. The van der Waals surface area contributed by atoms with Gasteiger partial charge in [-0.3, -0.25) is 0 Å². The Hall–Kier alpha value is -2.41. The molecule has 2 heterocycles. The lowest BCUT2D eigenvalue weighted by Gasteiger charge is -2.37. The van der Waals surface area contributed by atoms with Gasteiger partial charge in [-0.05, 0) is 37.3 Å². The molecule has 1 N–H and O–H groups in total. The molecule has 8 heteroatoms. The second-order valence-corrected chi connectivity index (χ2v) is 6.25. The van der Waals surface area contributed by atoms with Crippen LogP contribution in [0.3, 0.4) is 0 Å². The first-order chi connectivity index (χ1) is 13.2. The van der Waals surface area contributed by atoms with Gasteiger partial charge in [0.05, 0.1) is 18.2 Å². The zero-order valence-electron chi connectivity index (χ0n) is 15.8. The van der Waals surface area contributed by atoms with Gasteiger partial charge in [-0.15, -0.1) is 24.0 Å². The Labute approximate surface area is 182 Å². The van der Waals surface area contributed by atoms with Crippen molar-refractivity contribution in [3.8, 4) is 6.07 Å². The average molecular weight is 494 g/mol. The van der Waals surface area contributed by atoms with Crippen LogP contribution in [0.15, 0.2) is 47.6 Å². The summed E-state index contributed by atoms with van der Waals surface area (Å²) >= 11 is 0. The van der Waals surface area contributed by atoms with Crippen molar-refractivity contribution in [3.05, 3.63) is 59.5 Å². The third-order valence-corrected chi connectivity index (χ3v) is 4.46. The standard InChI is InChI=1S/C20H23FN6.HI/c1-2-23-20(25-15-17-13-16(14-22)6-7-18(17)21)27-11-9-26(10-12-27)19-5-3-4-8-24-19;/h3-8,13H,2,9-12,15H2,1H3,(H,23,25);1H. The van der Waals surface area contributed by atoms with E-state index >= 15 is 0 Å². The minimum Gasteiger partial charge on any atom is -0.357 e. The van der Waals surface area contributed by atoms with Gasteiger partial charge in [-0.2, -0.15) is 5.26 Å². The molecule has 2 aromatic rings. The Morgan fingerprint density at radius 3 is 2.68 bits per heavy atom. The lowest BCUT2D eigenvalue weighted by Crippen LogP contribution is -2.52. The highest BCUT2D eigenvalue weighted by Crippen LogP contribution is 2.14. The number of nitriles is 1. The maximum atomic E-state index is 14.0. The summed E-state index contributed by atoms with van der Waals surface area (Å²) in [6.07, 6.45) is 1.80. The molecule has 0 radical (unpaired) electrons. The van der Waals surface area contributed by atoms with Crippen LogP contribution in [0, 0.1) is 17.1 Å². The van der Waals surface area contributed by atoms with Crippen LogP contribution >= 0.6 is 24.0 Å².